The highest BCUT2D eigenvalue weighted by Crippen LogP contribution is 2.37. The van der Waals surface area contributed by atoms with E-state index in [0.717, 1.165) is 0 Å². The van der Waals surface area contributed by atoms with Gasteiger partial charge in [-0.05, 0) is 30.3 Å². The Morgan fingerprint density at radius 3 is 2.18 bits per heavy atom. The average molecular weight is 394 g/mol. The van der Waals surface area contributed by atoms with Crippen molar-refractivity contribution in [3.8, 4) is 11.5 Å². The monoisotopic (exact) mass is 393 g/mol. The van der Waals surface area contributed by atoms with Gasteiger partial charge in [0.1, 0.15) is 13.2 Å². The van der Waals surface area contributed by atoms with Gasteiger partial charge in [-0.2, -0.15) is 0 Å². The largest absolute Gasteiger partial charge is 0.486 e. The second-order valence-electron chi connectivity index (χ2n) is 6.17. The molecule has 0 unspecified atom stereocenters. The third-order valence-electron chi connectivity index (χ3n) is 4.33. The zero-order chi connectivity index (χ0) is 19.5. The molecule has 1 aliphatic rings. The number of carbonyl (C=O) groups is 2. The van der Waals surface area contributed by atoms with Gasteiger partial charge >= 0.3 is 0 Å². The van der Waals surface area contributed by atoms with Crippen LogP contribution in [0.5, 0.6) is 11.5 Å². The highest BCUT2D eigenvalue weighted by molar-refractivity contribution is 6.35. The van der Waals surface area contributed by atoms with Gasteiger partial charge in [-0.15, -0.1) is 0 Å². The number of hydrogen-bond donors (Lipinski definition) is 1. The lowest BCUT2D eigenvalue weighted by atomic mass is 10.00. The molecule has 3 aromatic rings. The fraction of sp³-hybridized carbons (Fsp3) is 0.0909. The van der Waals surface area contributed by atoms with E-state index in [-0.39, 0.29) is 17.3 Å². The molecule has 1 N–H and O–H groups in total. The molecule has 0 saturated heterocycles. The van der Waals surface area contributed by atoms with Crippen LogP contribution in [0.2, 0.25) is 5.02 Å². The molecule has 1 aliphatic heterocycles. The average Bonchev–Trinajstić information content (AvgIpc) is 2.74. The number of carbonyl (C=O) groups excluding carboxylic acids is 2. The first-order valence-electron chi connectivity index (χ1n) is 8.73. The van der Waals surface area contributed by atoms with Crippen molar-refractivity contribution in [2.24, 2.45) is 0 Å². The number of halogens is 1. The first-order chi connectivity index (χ1) is 13.6. The van der Waals surface area contributed by atoms with Crippen molar-refractivity contribution < 1.29 is 19.1 Å². The summed E-state index contributed by atoms with van der Waals surface area (Å²) in [6.45, 7) is 0.791. The summed E-state index contributed by atoms with van der Waals surface area (Å²) >= 11 is 6.20. The number of nitrogens with one attached hydrogen (secondary N) is 1. The van der Waals surface area contributed by atoms with E-state index < -0.39 is 0 Å². The molecule has 3 aromatic carbocycles. The number of ether oxygens (including phenoxy) is 2. The SMILES string of the molecule is O=C(Nc1cc2c(cc1C(=O)c1ccccc1Cl)OCCO2)c1ccccc1. The van der Waals surface area contributed by atoms with Gasteiger partial charge in [-0.25, -0.2) is 0 Å². The van der Waals surface area contributed by atoms with E-state index in [1.54, 1.807) is 60.7 Å². The van der Waals surface area contributed by atoms with Gasteiger partial charge in [-0.3, -0.25) is 9.59 Å². The molecule has 0 fully saturated rings. The van der Waals surface area contributed by atoms with Crippen molar-refractivity contribution in [3.63, 3.8) is 0 Å². The second-order valence-corrected chi connectivity index (χ2v) is 6.58. The summed E-state index contributed by atoms with van der Waals surface area (Å²) in [4.78, 5) is 25.8. The summed E-state index contributed by atoms with van der Waals surface area (Å²) in [5.74, 6) is 0.293. The number of benzene rings is 3. The fourth-order valence-electron chi connectivity index (χ4n) is 2.95. The first-order valence-corrected chi connectivity index (χ1v) is 9.10. The molecule has 6 heteroatoms. The van der Waals surface area contributed by atoms with Crippen LogP contribution < -0.4 is 14.8 Å². The standard InChI is InChI=1S/C22H16ClNO4/c23-17-9-5-4-8-15(17)21(25)16-12-19-20(28-11-10-27-19)13-18(16)24-22(26)14-6-2-1-3-7-14/h1-9,12-13H,10-11H2,(H,24,26). The number of rotatable bonds is 4. The number of amides is 1. The summed E-state index contributed by atoms with van der Waals surface area (Å²) in [6.07, 6.45) is 0. The van der Waals surface area contributed by atoms with E-state index >= 15 is 0 Å². The van der Waals surface area contributed by atoms with Crippen LogP contribution in [-0.2, 0) is 0 Å². The van der Waals surface area contributed by atoms with Crippen LogP contribution in [0.3, 0.4) is 0 Å². The zero-order valence-corrected chi connectivity index (χ0v) is 15.5. The van der Waals surface area contributed by atoms with Gasteiger partial charge in [0, 0.05) is 17.2 Å². The summed E-state index contributed by atoms with van der Waals surface area (Å²) < 4.78 is 11.2. The van der Waals surface area contributed by atoms with E-state index in [4.69, 9.17) is 21.1 Å². The van der Waals surface area contributed by atoms with Gasteiger partial charge < -0.3 is 14.8 Å². The molecule has 0 saturated carbocycles. The molecule has 0 aliphatic carbocycles. The van der Waals surface area contributed by atoms with E-state index in [1.807, 2.05) is 6.07 Å². The lowest BCUT2D eigenvalue weighted by molar-refractivity contribution is 0.102. The van der Waals surface area contributed by atoms with Crippen LogP contribution in [0.4, 0.5) is 5.69 Å². The van der Waals surface area contributed by atoms with E-state index in [9.17, 15) is 9.59 Å². The predicted molar refractivity (Wildman–Crippen MR) is 107 cm³/mol. The number of fused-ring (bicyclic) bond motifs is 1. The van der Waals surface area contributed by atoms with Crippen molar-refractivity contribution in [1.29, 1.82) is 0 Å². The molecule has 0 spiro atoms. The molecule has 1 amide bonds. The van der Waals surface area contributed by atoms with Gasteiger partial charge in [-0.1, -0.05) is 41.9 Å². The van der Waals surface area contributed by atoms with Crippen LogP contribution in [0.15, 0.2) is 66.7 Å². The van der Waals surface area contributed by atoms with Crippen molar-refractivity contribution in [2.45, 2.75) is 0 Å². The van der Waals surface area contributed by atoms with Crippen molar-refractivity contribution in [1.82, 2.24) is 0 Å². The minimum atomic E-state index is -0.328. The van der Waals surface area contributed by atoms with Crippen LogP contribution >= 0.6 is 11.6 Å². The fourth-order valence-corrected chi connectivity index (χ4v) is 3.18. The molecule has 4 rings (SSSR count). The van der Waals surface area contributed by atoms with Crippen molar-refractivity contribution >= 4 is 29.0 Å². The summed E-state index contributed by atoms with van der Waals surface area (Å²) in [5.41, 5.74) is 1.44. The quantitative estimate of drug-likeness (QED) is 0.658. The maximum absolute atomic E-state index is 13.2. The molecule has 140 valence electrons. The maximum atomic E-state index is 13.2. The normalized spacial score (nSPS) is 12.3. The second kappa shape index (κ2) is 7.74. The van der Waals surface area contributed by atoms with Gasteiger partial charge in [0.25, 0.3) is 5.91 Å². The molecule has 5 nitrogen and oxygen atoms in total. The van der Waals surface area contributed by atoms with Crippen LogP contribution in [0.1, 0.15) is 26.3 Å². The zero-order valence-electron chi connectivity index (χ0n) is 14.8. The Labute approximate surface area is 166 Å². The molecule has 0 radical (unpaired) electrons. The molecular weight excluding hydrogens is 378 g/mol. The molecule has 0 atom stereocenters. The van der Waals surface area contributed by atoms with Crippen LogP contribution in [0, 0.1) is 0 Å². The number of anilines is 1. The van der Waals surface area contributed by atoms with Crippen molar-refractivity contribution in [2.75, 3.05) is 18.5 Å². The molecule has 1 heterocycles. The van der Waals surface area contributed by atoms with Gasteiger partial charge in [0.05, 0.1) is 16.3 Å². The maximum Gasteiger partial charge on any atom is 0.255 e. The Bertz CT molecular complexity index is 1050. The van der Waals surface area contributed by atoms with Gasteiger partial charge in [0.2, 0.25) is 0 Å². The van der Waals surface area contributed by atoms with E-state index in [1.165, 1.54) is 0 Å². The highest BCUT2D eigenvalue weighted by atomic mass is 35.5. The van der Waals surface area contributed by atoms with Crippen LogP contribution in [0.25, 0.3) is 0 Å². The minimum absolute atomic E-state index is 0.279. The molecule has 28 heavy (non-hydrogen) atoms. The lowest BCUT2D eigenvalue weighted by Gasteiger charge is -2.21. The van der Waals surface area contributed by atoms with Crippen molar-refractivity contribution in [3.05, 3.63) is 88.4 Å². The molecule has 0 aromatic heterocycles. The Morgan fingerprint density at radius 2 is 1.46 bits per heavy atom. The molecular formula is C22H16ClNO4. The highest BCUT2D eigenvalue weighted by Gasteiger charge is 2.23. The smallest absolute Gasteiger partial charge is 0.255 e. The lowest BCUT2D eigenvalue weighted by Crippen LogP contribution is -2.19. The van der Waals surface area contributed by atoms with Crippen LogP contribution in [-0.4, -0.2) is 24.9 Å². The number of hydrogen-bond acceptors (Lipinski definition) is 4. The summed E-state index contributed by atoms with van der Waals surface area (Å²) in [7, 11) is 0. The van der Waals surface area contributed by atoms with E-state index in [2.05, 4.69) is 5.32 Å². The summed E-state index contributed by atoms with van der Waals surface area (Å²) in [5, 5.41) is 3.14. The Morgan fingerprint density at radius 1 is 0.821 bits per heavy atom. The van der Waals surface area contributed by atoms with Gasteiger partial charge in [0.15, 0.2) is 17.3 Å². The Balaban J connectivity index is 1.77. The topological polar surface area (TPSA) is 64.6 Å². The predicted octanol–water partition coefficient (Wildman–Crippen LogP) is 4.59. The summed E-state index contributed by atoms with van der Waals surface area (Å²) in [6, 6.07) is 18.7. The first kappa shape index (κ1) is 18.1. The third-order valence-corrected chi connectivity index (χ3v) is 4.66. The third kappa shape index (κ3) is 3.57. The Kier molecular flexibility index (Phi) is 5.00. The number of ketones is 1. The van der Waals surface area contributed by atoms with E-state index in [0.29, 0.717) is 46.5 Å². The Hall–Kier alpha value is -3.31. The minimum Gasteiger partial charge on any atom is -0.486 e. The molecule has 0 bridgehead atoms.